The average molecular weight is 157 g/mol. The van der Waals surface area contributed by atoms with Crippen LogP contribution in [0.5, 0.6) is 0 Å². The Hall–Kier alpha value is -0.830. The van der Waals surface area contributed by atoms with Crippen molar-refractivity contribution in [2.24, 2.45) is 0 Å². The molecule has 0 atom stereocenters. The van der Waals surface area contributed by atoms with E-state index in [-0.39, 0.29) is 5.90 Å². The van der Waals surface area contributed by atoms with Crippen LogP contribution in [-0.2, 0) is 4.74 Å². The molecule has 0 aromatic heterocycles. The van der Waals surface area contributed by atoms with Gasteiger partial charge in [-0.3, -0.25) is 5.41 Å². The molecule has 0 radical (unpaired) electrons. The molecule has 0 aliphatic heterocycles. The first-order chi connectivity index (χ1) is 4.95. The third-order valence-electron chi connectivity index (χ3n) is 1.21. The van der Waals surface area contributed by atoms with Crippen molar-refractivity contribution in [3.63, 3.8) is 0 Å². The van der Waals surface area contributed by atoms with E-state index in [0.29, 0.717) is 6.61 Å². The highest BCUT2D eigenvalue weighted by Crippen LogP contribution is 1.89. The van der Waals surface area contributed by atoms with E-state index in [4.69, 9.17) is 10.1 Å². The SMILES string of the molecule is C=CC(=N)OCC[N+](C)(C)C. The van der Waals surface area contributed by atoms with Crippen molar-refractivity contribution >= 4 is 5.90 Å². The molecule has 0 fully saturated rings. The van der Waals surface area contributed by atoms with Gasteiger partial charge in [0, 0.05) is 0 Å². The molecule has 0 heterocycles. The van der Waals surface area contributed by atoms with Gasteiger partial charge in [-0.25, -0.2) is 0 Å². The van der Waals surface area contributed by atoms with Crippen LogP contribution >= 0.6 is 0 Å². The molecule has 0 spiro atoms. The third-order valence-corrected chi connectivity index (χ3v) is 1.21. The van der Waals surface area contributed by atoms with Crippen molar-refractivity contribution in [3.8, 4) is 0 Å². The van der Waals surface area contributed by atoms with Crippen molar-refractivity contribution in [1.29, 1.82) is 5.41 Å². The summed E-state index contributed by atoms with van der Waals surface area (Å²) in [6.07, 6.45) is 1.40. The fraction of sp³-hybridized carbons (Fsp3) is 0.625. The zero-order valence-corrected chi connectivity index (χ0v) is 7.55. The van der Waals surface area contributed by atoms with E-state index >= 15 is 0 Å². The first kappa shape index (κ1) is 10.2. The largest absolute Gasteiger partial charge is 0.472 e. The topological polar surface area (TPSA) is 33.1 Å². The van der Waals surface area contributed by atoms with E-state index in [0.717, 1.165) is 11.0 Å². The lowest BCUT2D eigenvalue weighted by atomic mass is 10.5. The van der Waals surface area contributed by atoms with Crippen LogP contribution in [0.1, 0.15) is 0 Å². The summed E-state index contributed by atoms with van der Waals surface area (Å²) >= 11 is 0. The number of ether oxygens (including phenoxy) is 1. The summed E-state index contributed by atoms with van der Waals surface area (Å²) in [7, 11) is 6.25. The monoisotopic (exact) mass is 157 g/mol. The lowest BCUT2D eigenvalue weighted by Gasteiger charge is -2.23. The normalized spacial score (nSPS) is 10.8. The van der Waals surface area contributed by atoms with Gasteiger partial charge in [0.05, 0.1) is 21.1 Å². The van der Waals surface area contributed by atoms with Gasteiger partial charge >= 0.3 is 0 Å². The quantitative estimate of drug-likeness (QED) is 0.366. The van der Waals surface area contributed by atoms with Gasteiger partial charge in [-0.05, 0) is 6.08 Å². The minimum absolute atomic E-state index is 0.151. The van der Waals surface area contributed by atoms with E-state index < -0.39 is 0 Å². The molecule has 11 heavy (non-hydrogen) atoms. The van der Waals surface area contributed by atoms with Gasteiger partial charge in [0.15, 0.2) is 0 Å². The van der Waals surface area contributed by atoms with Crippen LogP contribution in [0.2, 0.25) is 0 Å². The van der Waals surface area contributed by atoms with Gasteiger partial charge in [0.2, 0.25) is 5.90 Å². The standard InChI is InChI=1S/C8H17N2O/c1-5-8(9)11-7-6-10(2,3)4/h5,9H,1,6-7H2,2-4H3/q+1. The Morgan fingerprint density at radius 3 is 2.45 bits per heavy atom. The predicted octanol–water partition coefficient (Wildman–Crippen LogP) is 0.872. The highest BCUT2D eigenvalue weighted by molar-refractivity contribution is 5.83. The molecule has 0 aromatic rings. The van der Waals surface area contributed by atoms with Crippen LogP contribution in [0.3, 0.4) is 0 Å². The van der Waals surface area contributed by atoms with Crippen molar-refractivity contribution in [1.82, 2.24) is 0 Å². The molecule has 0 rings (SSSR count). The van der Waals surface area contributed by atoms with Gasteiger partial charge in [-0.2, -0.15) is 0 Å². The number of hydrogen-bond acceptors (Lipinski definition) is 2. The molecule has 0 saturated heterocycles. The number of rotatable bonds is 4. The fourth-order valence-electron chi connectivity index (χ4n) is 0.488. The van der Waals surface area contributed by atoms with Crippen molar-refractivity contribution in [2.75, 3.05) is 34.3 Å². The second-order valence-electron chi connectivity index (χ2n) is 3.43. The van der Waals surface area contributed by atoms with Crippen LogP contribution < -0.4 is 0 Å². The number of quaternary nitrogens is 1. The Kier molecular flexibility index (Phi) is 3.82. The molecule has 0 aliphatic rings. The van der Waals surface area contributed by atoms with Crippen molar-refractivity contribution in [3.05, 3.63) is 12.7 Å². The Labute approximate surface area is 68.4 Å². The number of nitrogens with one attached hydrogen (secondary N) is 1. The molecule has 0 bridgehead atoms. The molecule has 0 aliphatic carbocycles. The molecule has 0 unspecified atom stereocenters. The van der Waals surface area contributed by atoms with Crippen LogP contribution in [0.15, 0.2) is 12.7 Å². The van der Waals surface area contributed by atoms with Crippen LogP contribution in [0.25, 0.3) is 0 Å². The van der Waals surface area contributed by atoms with Crippen LogP contribution in [0.4, 0.5) is 0 Å². The molecule has 3 nitrogen and oxygen atoms in total. The highest BCUT2D eigenvalue weighted by Gasteiger charge is 2.05. The molecule has 3 heteroatoms. The molecule has 0 saturated carbocycles. The van der Waals surface area contributed by atoms with E-state index in [1.807, 2.05) is 0 Å². The van der Waals surface area contributed by atoms with E-state index in [1.165, 1.54) is 6.08 Å². The lowest BCUT2D eigenvalue weighted by Crippen LogP contribution is -2.37. The third kappa shape index (κ3) is 7.06. The number of likely N-dealkylation sites (N-methyl/N-ethyl adjacent to an activating group) is 1. The molecular formula is C8H17N2O+. The minimum Gasteiger partial charge on any atom is -0.472 e. The Morgan fingerprint density at radius 2 is 2.09 bits per heavy atom. The van der Waals surface area contributed by atoms with Gasteiger partial charge in [0.1, 0.15) is 13.2 Å². The predicted molar refractivity (Wildman–Crippen MR) is 46.8 cm³/mol. The van der Waals surface area contributed by atoms with Gasteiger partial charge in [-0.1, -0.05) is 6.58 Å². The van der Waals surface area contributed by atoms with Crippen LogP contribution in [0, 0.1) is 5.41 Å². The second kappa shape index (κ2) is 4.13. The minimum atomic E-state index is 0.151. The highest BCUT2D eigenvalue weighted by atomic mass is 16.5. The van der Waals surface area contributed by atoms with E-state index in [9.17, 15) is 0 Å². The Balaban J connectivity index is 3.42. The molecular weight excluding hydrogens is 140 g/mol. The van der Waals surface area contributed by atoms with Gasteiger partial charge < -0.3 is 9.22 Å². The van der Waals surface area contributed by atoms with Gasteiger partial charge in [-0.15, -0.1) is 0 Å². The number of hydrogen-bond donors (Lipinski definition) is 1. The summed E-state index contributed by atoms with van der Waals surface area (Å²) < 4.78 is 5.87. The Morgan fingerprint density at radius 1 is 1.55 bits per heavy atom. The van der Waals surface area contributed by atoms with Crippen molar-refractivity contribution in [2.45, 2.75) is 0 Å². The summed E-state index contributed by atoms with van der Waals surface area (Å²) in [5, 5.41) is 7.10. The smallest absolute Gasteiger partial charge is 0.205 e. The summed E-state index contributed by atoms with van der Waals surface area (Å²) in [6, 6.07) is 0. The molecule has 0 aromatic carbocycles. The number of nitrogens with zero attached hydrogens (tertiary/aromatic N) is 1. The molecule has 1 N–H and O–H groups in total. The van der Waals surface area contributed by atoms with E-state index in [2.05, 4.69) is 27.7 Å². The first-order valence-corrected chi connectivity index (χ1v) is 3.60. The summed E-state index contributed by atoms with van der Waals surface area (Å²) in [4.78, 5) is 0. The zero-order chi connectivity index (χ0) is 8.91. The van der Waals surface area contributed by atoms with Crippen molar-refractivity contribution < 1.29 is 9.22 Å². The fourth-order valence-corrected chi connectivity index (χ4v) is 0.488. The summed E-state index contributed by atoms with van der Waals surface area (Å²) in [5.41, 5.74) is 0. The second-order valence-corrected chi connectivity index (χ2v) is 3.43. The zero-order valence-electron chi connectivity index (χ0n) is 7.55. The summed E-state index contributed by atoms with van der Waals surface area (Å²) in [6.45, 7) is 4.90. The summed E-state index contributed by atoms with van der Waals surface area (Å²) in [5.74, 6) is 0.151. The maximum absolute atomic E-state index is 7.10. The maximum Gasteiger partial charge on any atom is 0.205 e. The maximum atomic E-state index is 7.10. The average Bonchev–Trinajstić information content (AvgIpc) is 1.85. The lowest BCUT2D eigenvalue weighted by molar-refractivity contribution is -0.870. The Bertz CT molecular complexity index is 147. The van der Waals surface area contributed by atoms with E-state index in [1.54, 1.807) is 0 Å². The molecule has 64 valence electrons. The van der Waals surface area contributed by atoms with Gasteiger partial charge in [0.25, 0.3) is 0 Å². The first-order valence-electron chi connectivity index (χ1n) is 3.60. The molecule has 0 amide bonds. The van der Waals surface area contributed by atoms with Crippen LogP contribution in [-0.4, -0.2) is 44.7 Å².